The molecule has 3 heterocycles. The highest BCUT2D eigenvalue weighted by Gasteiger charge is 2.31. The summed E-state index contributed by atoms with van der Waals surface area (Å²) in [5, 5.41) is 12.8. The molecule has 10 heteroatoms. The monoisotopic (exact) mass is 453 g/mol. The van der Waals surface area contributed by atoms with Crippen LogP contribution in [0.3, 0.4) is 0 Å². The number of hydrogen-bond donors (Lipinski definition) is 2. The predicted molar refractivity (Wildman–Crippen MR) is 115 cm³/mol. The number of pyridine rings is 1. The van der Waals surface area contributed by atoms with Gasteiger partial charge in [-0.2, -0.15) is 0 Å². The lowest BCUT2D eigenvalue weighted by Gasteiger charge is -2.28. The summed E-state index contributed by atoms with van der Waals surface area (Å²) >= 11 is 0. The Morgan fingerprint density at radius 1 is 1.18 bits per heavy atom. The van der Waals surface area contributed by atoms with E-state index in [-0.39, 0.29) is 30.2 Å². The van der Waals surface area contributed by atoms with Crippen LogP contribution in [0.15, 0.2) is 55.2 Å². The van der Waals surface area contributed by atoms with Crippen molar-refractivity contribution in [2.75, 3.05) is 6.61 Å². The number of carbonyl (C=O) groups excluding carboxylic acids is 1. The first-order valence-electron chi connectivity index (χ1n) is 10.1. The van der Waals surface area contributed by atoms with Crippen LogP contribution in [0, 0.1) is 18.6 Å². The number of aliphatic hydroxyl groups excluding tert-OH is 1. The van der Waals surface area contributed by atoms with E-state index in [1.54, 1.807) is 32.2 Å². The van der Waals surface area contributed by atoms with Gasteiger partial charge in [-0.25, -0.2) is 23.7 Å². The zero-order chi connectivity index (χ0) is 23.6. The van der Waals surface area contributed by atoms with Crippen LogP contribution < -0.4 is 10.1 Å². The third kappa shape index (κ3) is 4.24. The van der Waals surface area contributed by atoms with E-state index in [1.807, 2.05) is 0 Å². The molecule has 170 valence electrons. The van der Waals surface area contributed by atoms with Gasteiger partial charge < -0.3 is 15.2 Å². The third-order valence-electron chi connectivity index (χ3n) is 5.34. The van der Waals surface area contributed by atoms with Gasteiger partial charge in [-0.05, 0) is 38.1 Å². The quantitative estimate of drug-likeness (QED) is 0.446. The fourth-order valence-corrected chi connectivity index (χ4v) is 3.46. The highest BCUT2D eigenvalue weighted by molar-refractivity contribution is 5.95. The molecule has 0 fully saturated rings. The molecule has 33 heavy (non-hydrogen) atoms. The summed E-state index contributed by atoms with van der Waals surface area (Å²) in [7, 11) is 0. The first-order valence-corrected chi connectivity index (χ1v) is 10.1. The summed E-state index contributed by atoms with van der Waals surface area (Å²) in [5.74, 6) is -1.66. The van der Waals surface area contributed by atoms with Crippen LogP contribution in [0.2, 0.25) is 0 Å². The Kier molecular flexibility index (Phi) is 6.01. The Hall–Kier alpha value is -3.92. The van der Waals surface area contributed by atoms with Crippen molar-refractivity contribution >= 4 is 11.6 Å². The number of aromatic nitrogens is 4. The van der Waals surface area contributed by atoms with E-state index >= 15 is 0 Å². The van der Waals surface area contributed by atoms with Gasteiger partial charge in [0.1, 0.15) is 30.3 Å². The zero-order valence-electron chi connectivity index (χ0n) is 17.9. The first-order chi connectivity index (χ1) is 15.8. The van der Waals surface area contributed by atoms with Crippen LogP contribution in [-0.2, 0) is 12.1 Å². The largest absolute Gasteiger partial charge is 0.485 e. The molecule has 0 aliphatic heterocycles. The molecule has 1 amide bonds. The number of nitrogens with one attached hydrogen (secondary N) is 1. The minimum atomic E-state index is -1.13. The van der Waals surface area contributed by atoms with Gasteiger partial charge >= 0.3 is 0 Å². The van der Waals surface area contributed by atoms with Gasteiger partial charge in [0.2, 0.25) is 0 Å². The highest BCUT2D eigenvalue weighted by Crippen LogP contribution is 2.25. The van der Waals surface area contributed by atoms with Crippen LogP contribution in [0.1, 0.15) is 34.2 Å². The van der Waals surface area contributed by atoms with Crippen molar-refractivity contribution in [1.82, 2.24) is 24.7 Å². The van der Waals surface area contributed by atoms with Crippen molar-refractivity contribution < 1.29 is 23.4 Å². The smallest absolute Gasteiger partial charge is 0.270 e. The number of hydrogen-bond acceptors (Lipinski definition) is 6. The number of fused-ring (bicyclic) bond motifs is 1. The second kappa shape index (κ2) is 8.91. The maximum atomic E-state index is 13.9. The Balaban J connectivity index is 1.64. The fraction of sp³-hybridized carbons (Fsp3) is 0.217. The number of imidazole rings is 1. The minimum absolute atomic E-state index is 0.204. The third-order valence-corrected chi connectivity index (χ3v) is 5.34. The molecule has 3 aromatic heterocycles. The molecule has 8 nitrogen and oxygen atoms in total. The van der Waals surface area contributed by atoms with Crippen LogP contribution in [0.4, 0.5) is 8.78 Å². The van der Waals surface area contributed by atoms with Gasteiger partial charge in [-0.1, -0.05) is 6.07 Å². The van der Waals surface area contributed by atoms with E-state index < -0.39 is 23.1 Å². The maximum Gasteiger partial charge on any atom is 0.270 e. The molecule has 0 spiro atoms. The molecule has 4 rings (SSSR count). The molecule has 0 saturated carbocycles. The lowest BCUT2D eigenvalue weighted by molar-refractivity contribution is 0.0842. The van der Waals surface area contributed by atoms with E-state index in [0.717, 1.165) is 12.1 Å². The highest BCUT2D eigenvalue weighted by atomic mass is 19.1. The molecular weight excluding hydrogens is 432 g/mol. The topological polar surface area (TPSA) is 102 Å². The number of benzene rings is 1. The SMILES string of the molecule is Cc1nc2c(OCc3c(F)cccc3F)cccn2c1C(=O)NC(C)(CO)c1cncnc1. The van der Waals surface area contributed by atoms with Crippen LogP contribution in [0.25, 0.3) is 5.65 Å². The molecule has 0 bridgehead atoms. The number of rotatable bonds is 7. The standard InChI is InChI=1S/C23H21F2N5O3/c1-14-20(22(32)29-23(2,12-31)15-9-26-13-27-10-15)30-8-4-7-19(21(30)28-14)33-11-16-17(24)5-3-6-18(16)25/h3-10,13,31H,11-12H2,1-2H3,(H,29,32). The Morgan fingerprint density at radius 2 is 1.88 bits per heavy atom. The summed E-state index contributed by atoms with van der Waals surface area (Å²) in [4.78, 5) is 25.5. The number of halogens is 2. The molecule has 1 atom stereocenters. The lowest BCUT2D eigenvalue weighted by atomic mass is 9.95. The van der Waals surface area contributed by atoms with Gasteiger partial charge in [0, 0.05) is 24.2 Å². The van der Waals surface area contributed by atoms with Crippen LogP contribution >= 0.6 is 0 Å². The molecule has 1 aromatic carbocycles. The van der Waals surface area contributed by atoms with E-state index in [9.17, 15) is 18.7 Å². The summed E-state index contributed by atoms with van der Waals surface area (Å²) in [6.45, 7) is 2.58. The van der Waals surface area contributed by atoms with Crippen molar-refractivity contribution in [3.05, 3.63) is 89.4 Å². The van der Waals surface area contributed by atoms with Crippen molar-refractivity contribution in [3.8, 4) is 5.75 Å². The van der Waals surface area contributed by atoms with Crippen molar-refractivity contribution in [3.63, 3.8) is 0 Å². The lowest BCUT2D eigenvalue weighted by Crippen LogP contribution is -2.47. The summed E-state index contributed by atoms with van der Waals surface area (Å²) in [6, 6.07) is 6.82. The Bertz CT molecular complexity index is 1290. The molecular formula is C23H21F2N5O3. The second-order valence-corrected chi connectivity index (χ2v) is 7.67. The van der Waals surface area contributed by atoms with E-state index in [1.165, 1.54) is 29.2 Å². The molecule has 0 aliphatic carbocycles. The van der Waals surface area contributed by atoms with E-state index in [2.05, 4.69) is 20.3 Å². The van der Waals surface area contributed by atoms with E-state index in [0.29, 0.717) is 16.9 Å². The van der Waals surface area contributed by atoms with Crippen molar-refractivity contribution in [1.29, 1.82) is 0 Å². The van der Waals surface area contributed by atoms with E-state index in [4.69, 9.17) is 4.74 Å². The number of amides is 1. The van der Waals surface area contributed by atoms with Crippen LogP contribution in [0.5, 0.6) is 5.75 Å². The average molecular weight is 453 g/mol. The number of ether oxygens (including phenoxy) is 1. The number of nitrogens with zero attached hydrogens (tertiary/aromatic N) is 4. The fourth-order valence-electron chi connectivity index (χ4n) is 3.46. The average Bonchev–Trinajstić information content (AvgIpc) is 3.16. The predicted octanol–water partition coefficient (Wildman–Crippen LogP) is 2.93. The molecule has 0 aliphatic rings. The molecule has 2 N–H and O–H groups in total. The number of carbonyl (C=O) groups is 1. The molecule has 1 unspecified atom stereocenters. The Labute approximate surface area is 187 Å². The summed E-state index contributed by atoms with van der Waals surface area (Å²) < 4.78 is 35.1. The summed E-state index contributed by atoms with van der Waals surface area (Å²) in [6.07, 6.45) is 6.01. The zero-order valence-corrected chi connectivity index (χ0v) is 17.9. The van der Waals surface area contributed by atoms with Crippen LogP contribution in [-0.4, -0.2) is 37.0 Å². The van der Waals surface area contributed by atoms with Gasteiger partial charge in [0.15, 0.2) is 11.4 Å². The molecule has 0 saturated heterocycles. The maximum absolute atomic E-state index is 13.9. The first kappa shape index (κ1) is 22.3. The van der Waals surface area contributed by atoms with Gasteiger partial charge in [-0.3, -0.25) is 9.20 Å². The van der Waals surface area contributed by atoms with Gasteiger partial charge in [0.05, 0.1) is 23.4 Å². The normalized spacial score (nSPS) is 13.0. The van der Waals surface area contributed by atoms with Gasteiger partial charge in [-0.15, -0.1) is 0 Å². The van der Waals surface area contributed by atoms with Crippen molar-refractivity contribution in [2.24, 2.45) is 0 Å². The summed E-state index contributed by atoms with van der Waals surface area (Å²) in [5.41, 5.74) is 0.138. The minimum Gasteiger partial charge on any atom is -0.485 e. The molecule has 0 radical (unpaired) electrons. The second-order valence-electron chi connectivity index (χ2n) is 7.67. The Morgan fingerprint density at radius 3 is 2.55 bits per heavy atom. The molecule has 4 aromatic rings. The number of aryl methyl sites for hydroxylation is 1. The number of aliphatic hydroxyl groups is 1. The van der Waals surface area contributed by atoms with Crippen molar-refractivity contribution in [2.45, 2.75) is 26.0 Å². The van der Waals surface area contributed by atoms with Gasteiger partial charge in [0.25, 0.3) is 5.91 Å².